The second-order valence-corrected chi connectivity index (χ2v) is 4.14. The highest BCUT2D eigenvalue weighted by Gasteiger charge is 2.28. The summed E-state index contributed by atoms with van der Waals surface area (Å²) in [7, 11) is 0. The van der Waals surface area contributed by atoms with Gasteiger partial charge in [-0.05, 0) is 12.5 Å². The van der Waals surface area contributed by atoms with Crippen LogP contribution in [-0.4, -0.2) is 39.8 Å². The Balaban J connectivity index is 2.71. The standard InChI is InChI=1S/C13H17NO5/c1-9-3-5-11(6-4-9)8-19-14(10(2)16)12(7-15)13(17)18/h3-6,12,15H,7-8H2,1-2H3,(H,17,18)/t12-/m0/s1. The number of rotatable bonds is 6. The molecular weight excluding hydrogens is 250 g/mol. The lowest BCUT2D eigenvalue weighted by molar-refractivity contribution is -0.213. The van der Waals surface area contributed by atoms with Crippen LogP contribution in [0.15, 0.2) is 24.3 Å². The number of amides is 1. The lowest BCUT2D eigenvalue weighted by atomic mass is 10.2. The number of carbonyl (C=O) groups is 2. The van der Waals surface area contributed by atoms with E-state index in [1.807, 2.05) is 31.2 Å². The third-order valence-corrected chi connectivity index (χ3v) is 2.54. The Bertz CT molecular complexity index is 443. The van der Waals surface area contributed by atoms with Crippen LogP contribution in [-0.2, 0) is 21.0 Å². The van der Waals surface area contributed by atoms with Crippen LogP contribution in [0.2, 0.25) is 0 Å². The largest absolute Gasteiger partial charge is 0.480 e. The summed E-state index contributed by atoms with van der Waals surface area (Å²) in [6.45, 7) is 2.48. The number of aliphatic hydroxyl groups excluding tert-OH is 1. The van der Waals surface area contributed by atoms with E-state index in [-0.39, 0.29) is 6.61 Å². The summed E-state index contributed by atoms with van der Waals surface area (Å²) in [4.78, 5) is 27.4. The summed E-state index contributed by atoms with van der Waals surface area (Å²) >= 11 is 0. The number of carbonyl (C=O) groups excluding carboxylic acids is 1. The van der Waals surface area contributed by atoms with Crippen LogP contribution in [0.4, 0.5) is 0 Å². The Morgan fingerprint density at radius 2 is 1.89 bits per heavy atom. The Hall–Kier alpha value is -1.92. The normalized spacial score (nSPS) is 11.9. The summed E-state index contributed by atoms with van der Waals surface area (Å²) in [5.41, 5.74) is 1.89. The molecule has 19 heavy (non-hydrogen) atoms. The molecule has 0 bridgehead atoms. The monoisotopic (exact) mass is 267 g/mol. The Morgan fingerprint density at radius 3 is 2.32 bits per heavy atom. The molecule has 0 radical (unpaired) electrons. The van der Waals surface area contributed by atoms with Gasteiger partial charge in [0.2, 0.25) is 5.91 Å². The van der Waals surface area contributed by atoms with Crippen molar-refractivity contribution in [2.45, 2.75) is 26.5 Å². The number of aliphatic carboxylic acids is 1. The molecule has 1 aromatic rings. The van der Waals surface area contributed by atoms with E-state index in [1.165, 1.54) is 6.92 Å². The third kappa shape index (κ3) is 4.35. The highest BCUT2D eigenvalue weighted by molar-refractivity contribution is 5.81. The summed E-state index contributed by atoms with van der Waals surface area (Å²) in [5, 5.41) is 18.6. The van der Waals surface area contributed by atoms with E-state index in [0.717, 1.165) is 11.1 Å². The molecule has 0 aromatic heterocycles. The van der Waals surface area contributed by atoms with Gasteiger partial charge >= 0.3 is 5.97 Å². The van der Waals surface area contributed by atoms with Crippen LogP contribution < -0.4 is 0 Å². The summed E-state index contributed by atoms with van der Waals surface area (Å²) < 4.78 is 0. The maximum atomic E-state index is 11.4. The van der Waals surface area contributed by atoms with Crippen molar-refractivity contribution in [3.05, 3.63) is 35.4 Å². The van der Waals surface area contributed by atoms with Crippen molar-refractivity contribution in [1.29, 1.82) is 0 Å². The topological polar surface area (TPSA) is 87.1 Å². The van der Waals surface area contributed by atoms with Gasteiger partial charge in [-0.2, -0.15) is 0 Å². The lowest BCUT2D eigenvalue weighted by Crippen LogP contribution is -2.46. The SMILES string of the molecule is CC(=O)N(OCc1ccc(C)cc1)[C@@H](CO)C(=O)O. The molecule has 0 aliphatic carbocycles. The van der Waals surface area contributed by atoms with Gasteiger partial charge in [0.05, 0.1) is 6.61 Å². The van der Waals surface area contributed by atoms with Crippen molar-refractivity contribution in [3.63, 3.8) is 0 Å². The van der Waals surface area contributed by atoms with Crippen LogP contribution in [0.5, 0.6) is 0 Å². The minimum absolute atomic E-state index is 0.0592. The van der Waals surface area contributed by atoms with Gasteiger partial charge in [0, 0.05) is 6.92 Å². The van der Waals surface area contributed by atoms with E-state index >= 15 is 0 Å². The first kappa shape index (κ1) is 15.1. The summed E-state index contributed by atoms with van der Waals surface area (Å²) in [6.07, 6.45) is 0. The fourth-order valence-electron chi connectivity index (χ4n) is 1.48. The van der Waals surface area contributed by atoms with Crippen LogP contribution in [0.1, 0.15) is 18.1 Å². The summed E-state index contributed by atoms with van der Waals surface area (Å²) in [6, 6.07) is 6.02. The van der Waals surface area contributed by atoms with Crippen LogP contribution in [0, 0.1) is 6.92 Å². The van der Waals surface area contributed by atoms with E-state index in [2.05, 4.69) is 0 Å². The van der Waals surface area contributed by atoms with Crippen LogP contribution in [0.3, 0.4) is 0 Å². The molecule has 0 saturated carbocycles. The van der Waals surface area contributed by atoms with Gasteiger partial charge in [-0.25, -0.2) is 9.86 Å². The van der Waals surface area contributed by atoms with Gasteiger partial charge in [0.15, 0.2) is 6.04 Å². The van der Waals surface area contributed by atoms with E-state index < -0.39 is 24.5 Å². The highest BCUT2D eigenvalue weighted by atomic mass is 16.7. The molecule has 1 rings (SSSR count). The maximum Gasteiger partial charge on any atom is 0.331 e. The molecule has 6 nitrogen and oxygen atoms in total. The molecule has 1 amide bonds. The first-order valence-corrected chi connectivity index (χ1v) is 5.77. The zero-order chi connectivity index (χ0) is 14.4. The van der Waals surface area contributed by atoms with Crippen LogP contribution in [0.25, 0.3) is 0 Å². The van der Waals surface area contributed by atoms with Crippen molar-refractivity contribution in [3.8, 4) is 0 Å². The molecule has 0 saturated heterocycles. The molecular formula is C13H17NO5. The van der Waals surface area contributed by atoms with Gasteiger partial charge in [-0.15, -0.1) is 0 Å². The number of hydroxylamine groups is 2. The van der Waals surface area contributed by atoms with Gasteiger partial charge in [-0.1, -0.05) is 29.8 Å². The number of aliphatic hydroxyl groups is 1. The van der Waals surface area contributed by atoms with Crippen LogP contribution >= 0.6 is 0 Å². The molecule has 0 heterocycles. The van der Waals surface area contributed by atoms with Gasteiger partial charge in [0.1, 0.15) is 6.61 Å². The van der Waals surface area contributed by atoms with E-state index in [9.17, 15) is 9.59 Å². The molecule has 0 fully saturated rings. The zero-order valence-electron chi connectivity index (χ0n) is 10.9. The number of hydrogen-bond donors (Lipinski definition) is 2. The number of aryl methyl sites for hydroxylation is 1. The van der Waals surface area contributed by atoms with Crippen molar-refractivity contribution in [2.75, 3.05) is 6.61 Å². The Morgan fingerprint density at radius 1 is 1.32 bits per heavy atom. The fraction of sp³-hybridized carbons (Fsp3) is 0.385. The highest BCUT2D eigenvalue weighted by Crippen LogP contribution is 2.09. The molecule has 1 atom stereocenters. The van der Waals surface area contributed by atoms with Crippen molar-refractivity contribution in [1.82, 2.24) is 5.06 Å². The fourth-order valence-corrected chi connectivity index (χ4v) is 1.48. The number of hydrogen-bond acceptors (Lipinski definition) is 4. The molecule has 0 unspecified atom stereocenters. The smallest absolute Gasteiger partial charge is 0.331 e. The van der Waals surface area contributed by atoms with E-state index in [1.54, 1.807) is 0 Å². The number of benzene rings is 1. The first-order valence-electron chi connectivity index (χ1n) is 5.77. The Labute approximate surface area is 111 Å². The number of carboxylic acids is 1. The molecule has 104 valence electrons. The predicted octanol–water partition coefficient (Wildman–Crippen LogP) is 0.721. The van der Waals surface area contributed by atoms with Crippen molar-refractivity contribution < 1.29 is 24.6 Å². The minimum atomic E-state index is -1.40. The number of carboxylic acid groups (broad SMARTS) is 1. The minimum Gasteiger partial charge on any atom is -0.480 e. The Kier molecular flexibility index (Phi) is 5.47. The predicted molar refractivity (Wildman–Crippen MR) is 67.0 cm³/mol. The number of nitrogens with zero attached hydrogens (tertiary/aromatic N) is 1. The third-order valence-electron chi connectivity index (χ3n) is 2.54. The quantitative estimate of drug-likeness (QED) is 0.742. The molecule has 0 aliphatic heterocycles. The maximum absolute atomic E-state index is 11.4. The molecule has 0 spiro atoms. The van der Waals surface area contributed by atoms with Gasteiger partial charge < -0.3 is 10.2 Å². The second-order valence-electron chi connectivity index (χ2n) is 4.14. The second kappa shape index (κ2) is 6.86. The summed E-state index contributed by atoms with van der Waals surface area (Å²) in [5.74, 6) is -1.89. The van der Waals surface area contributed by atoms with Gasteiger partial charge in [-0.3, -0.25) is 9.63 Å². The first-order chi connectivity index (χ1) is 8.95. The van der Waals surface area contributed by atoms with Gasteiger partial charge in [0.25, 0.3) is 0 Å². The average Bonchev–Trinajstić information content (AvgIpc) is 2.35. The zero-order valence-corrected chi connectivity index (χ0v) is 10.9. The molecule has 0 aliphatic rings. The van der Waals surface area contributed by atoms with Crippen molar-refractivity contribution >= 4 is 11.9 Å². The molecule has 2 N–H and O–H groups in total. The lowest BCUT2D eigenvalue weighted by Gasteiger charge is -2.25. The average molecular weight is 267 g/mol. The van der Waals surface area contributed by atoms with Crippen molar-refractivity contribution in [2.24, 2.45) is 0 Å². The molecule has 6 heteroatoms. The molecule has 1 aromatic carbocycles. The van der Waals surface area contributed by atoms with E-state index in [4.69, 9.17) is 15.1 Å². The van der Waals surface area contributed by atoms with E-state index in [0.29, 0.717) is 5.06 Å².